The molecule has 24 heavy (non-hydrogen) atoms. The molecule has 0 unspecified atom stereocenters. The van der Waals surface area contributed by atoms with Gasteiger partial charge in [-0.25, -0.2) is 4.79 Å². The summed E-state index contributed by atoms with van der Waals surface area (Å²) in [5, 5.41) is 1.45. The summed E-state index contributed by atoms with van der Waals surface area (Å²) in [6, 6.07) is 8.54. The monoisotopic (exact) mass is 320 g/mol. The Morgan fingerprint density at radius 3 is 2.67 bits per heavy atom. The van der Waals surface area contributed by atoms with Crippen LogP contribution in [0.3, 0.4) is 0 Å². The average molecular weight is 320 g/mol. The highest BCUT2D eigenvalue weighted by atomic mass is 16.5. The van der Waals surface area contributed by atoms with Crippen molar-refractivity contribution in [2.75, 3.05) is 7.11 Å². The first-order valence-electron chi connectivity index (χ1n) is 7.23. The third kappa shape index (κ3) is 2.25. The number of ether oxygens (including phenoxy) is 1. The van der Waals surface area contributed by atoms with E-state index in [2.05, 4.69) is 9.98 Å². The van der Waals surface area contributed by atoms with Crippen LogP contribution >= 0.6 is 0 Å². The summed E-state index contributed by atoms with van der Waals surface area (Å²) in [5.74, 6) is 0.380. The number of aromatic nitrogens is 1. The molecule has 0 aliphatic heterocycles. The molecule has 0 aliphatic carbocycles. The lowest BCUT2D eigenvalue weighted by atomic mass is 10.1. The van der Waals surface area contributed by atoms with E-state index >= 15 is 0 Å². The number of rotatable bonds is 3. The molecule has 6 heteroatoms. The molecule has 0 amide bonds. The fraction of sp³-hybridized carbons (Fsp3) is 0.0556. The van der Waals surface area contributed by atoms with Crippen LogP contribution in [-0.2, 0) is 0 Å². The van der Waals surface area contributed by atoms with Crippen LogP contribution in [-0.4, -0.2) is 18.3 Å². The summed E-state index contributed by atoms with van der Waals surface area (Å²) in [6.45, 7) is 0. The Morgan fingerprint density at radius 1 is 1.08 bits per heavy atom. The van der Waals surface area contributed by atoms with Gasteiger partial charge < -0.3 is 13.6 Å². The smallest absolute Gasteiger partial charge is 0.336 e. The summed E-state index contributed by atoms with van der Waals surface area (Å²) in [5.41, 5.74) is 1.89. The molecular weight excluding hydrogens is 308 g/mol. The zero-order valence-corrected chi connectivity index (χ0v) is 12.7. The zero-order valence-electron chi connectivity index (χ0n) is 12.7. The molecule has 0 radical (unpaired) electrons. The van der Waals surface area contributed by atoms with Crippen LogP contribution in [0.5, 0.6) is 5.75 Å². The Morgan fingerprint density at radius 2 is 1.88 bits per heavy atom. The number of methoxy groups -OCH3 is 1. The number of pyridine rings is 1. The van der Waals surface area contributed by atoms with Gasteiger partial charge in [-0.1, -0.05) is 0 Å². The van der Waals surface area contributed by atoms with Crippen LogP contribution in [0.2, 0.25) is 0 Å². The van der Waals surface area contributed by atoms with Crippen LogP contribution in [0.1, 0.15) is 5.56 Å². The molecule has 3 aromatic heterocycles. The number of nitrogens with zero attached hydrogens (tertiary/aromatic N) is 2. The number of aliphatic imine (C=N–C) groups is 1. The van der Waals surface area contributed by atoms with Gasteiger partial charge in [0.05, 0.1) is 24.4 Å². The minimum atomic E-state index is -0.462. The second-order valence-electron chi connectivity index (χ2n) is 5.08. The minimum Gasteiger partial charge on any atom is -0.490 e. The van der Waals surface area contributed by atoms with Crippen LogP contribution in [0.15, 0.2) is 67.6 Å². The Bertz CT molecular complexity index is 1110. The normalized spacial score (nSPS) is 11.5. The summed E-state index contributed by atoms with van der Waals surface area (Å²) in [4.78, 5) is 20.2. The van der Waals surface area contributed by atoms with Gasteiger partial charge in [0.25, 0.3) is 0 Å². The van der Waals surface area contributed by atoms with Gasteiger partial charge in [0.2, 0.25) is 5.75 Å². The molecule has 0 aliphatic rings. The molecule has 0 bridgehead atoms. The van der Waals surface area contributed by atoms with E-state index in [1.807, 2.05) is 18.2 Å². The van der Waals surface area contributed by atoms with Crippen LogP contribution in [0.25, 0.3) is 21.9 Å². The van der Waals surface area contributed by atoms with Crippen molar-refractivity contribution in [3.63, 3.8) is 0 Å². The molecule has 1 aromatic carbocycles. The SMILES string of the molecule is COc1c2occc2c(N=Cc2ccncc2)c2ccc(=O)oc12. The van der Waals surface area contributed by atoms with Gasteiger partial charge >= 0.3 is 5.63 Å². The van der Waals surface area contributed by atoms with Crippen LogP contribution in [0.4, 0.5) is 5.69 Å². The average Bonchev–Trinajstić information content (AvgIpc) is 3.08. The summed E-state index contributed by atoms with van der Waals surface area (Å²) < 4.78 is 16.2. The Labute approximate surface area is 136 Å². The van der Waals surface area contributed by atoms with Crippen molar-refractivity contribution in [2.45, 2.75) is 0 Å². The van der Waals surface area contributed by atoms with E-state index in [1.165, 1.54) is 13.2 Å². The van der Waals surface area contributed by atoms with Crippen molar-refractivity contribution >= 4 is 33.8 Å². The first-order chi connectivity index (χ1) is 11.8. The number of hydrogen-bond acceptors (Lipinski definition) is 6. The van der Waals surface area contributed by atoms with E-state index < -0.39 is 5.63 Å². The van der Waals surface area contributed by atoms with E-state index in [0.29, 0.717) is 28.0 Å². The fourth-order valence-electron chi connectivity index (χ4n) is 2.60. The van der Waals surface area contributed by atoms with Gasteiger partial charge in [0.1, 0.15) is 0 Å². The van der Waals surface area contributed by atoms with Gasteiger partial charge in [-0.15, -0.1) is 0 Å². The fourth-order valence-corrected chi connectivity index (χ4v) is 2.60. The standard InChI is InChI=1S/C18H12N2O4/c1-22-18-16-13(6-9-23-16)15(12-2-3-14(21)24-17(12)18)20-10-11-4-7-19-8-5-11/h2-10H,1H3. The molecule has 4 aromatic rings. The second kappa shape index (κ2) is 5.66. The third-order valence-corrected chi connectivity index (χ3v) is 3.67. The molecule has 0 spiro atoms. The lowest BCUT2D eigenvalue weighted by molar-refractivity contribution is 0.403. The zero-order chi connectivity index (χ0) is 16.5. The molecular formula is C18H12N2O4. The van der Waals surface area contributed by atoms with Crippen molar-refractivity contribution in [3.8, 4) is 5.75 Å². The van der Waals surface area contributed by atoms with E-state index in [1.54, 1.807) is 30.9 Å². The number of furan rings is 1. The first-order valence-corrected chi connectivity index (χ1v) is 7.23. The van der Waals surface area contributed by atoms with Crippen molar-refractivity contribution in [1.82, 2.24) is 4.98 Å². The van der Waals surface area contributed by atoms with Gasteiger partial charge in [-0.2, -0.15) is 0 Å². The topological polar surface area (TPSA) is 77.8 Å². The molecule has 0 N–H and O–H groups in total. The van der Waals surface area contributed by atoms with Gasteiger partial charge in [0, 0.05) is 30.1 Å². The van der Waals surface area contributed by atoms with E-state index in [9.17, 15) is 4.79 Å². The second-order valence-corrected chi connectivity index (χ2v) is 5.08. The molecule has 0 saturated heterocycles. The molecule has 4 rings (SSSR count). The number of hydrogen-bond donors (Lipinski definition) is 0. The van der Waals surface area contributed by atoms with Gasteiger partial charge in [-0.05, 0) is 29.8 Å². The minimum absolute atomic E-state index is 0.314. The Hall–Kier alpha value is -3.41. The maximum atomic E-state index is 11.6. The van der Waals surface area contributed by atoms with Gasteiger partial charge in [-0.3, -0.25) is 9.98 Å². The van der Waals surface area contributed by atoms with E-state index in [0.717, 1.165) is 10.9 Å². The van der Waals surface area contributed by atoms with E-state index in [-0.39, 0.29) is 0 Å². The quantitative estimate of drug-likeness (QED) is 0.425. The number of fused-ring (bicyclic) bond motifs is 2. The predicted molar refractivity (Wildman–Crippen MR) is 90.3 cm³/mol. The van der Waals surface area contributed by atoms with E-state index in [4.69, 9.17) is 13.6 Å². The highest BCUT2D eigenvalue weighted by Gasteiger charge is 2.18. The molecule has 0 saturated carbocycles. The molecule has 3 heterocycles. The lowest BCUT2D eigenvalue weighted by Gasteiger charge is -2.08. The maximum Gasteiger partial charge on any atom is 0.336 e. The lowest BCUT2D eigenvalue weighted by Crippen LogP contribution is -1.97. The van der Waals surface area contributed by atoms with Gasteiger partial charge in [0.15, 0.2) is 11.2 Å². The number of benzene rings is 1. The first kappa shape index (κ1) is 14.2. The molecule has 6 nitrogen and oxygen atoms in total. The summed E-state index contributed by atoms with van der Waals surface area (Å²) in [6.07, 6.45) is 6.66. The van der Waals surface area contributed by atoms with Crippen molar-refractivity contribution < 1.29 is 13.6 Å². The predicted octanol–water partition coefficient (Wildman–Crippen LogP) is 3.69. The highest BCUT2D eigenvalue weighted by Crippen LogP contribution is 2.42. The summed E-state index contributed by atoms with van der Waals surface area (Å²) in [7, 11) is 1.50. The maximum absolute atomic E-state index is 11.6. The van der Waals surface area contributed by atoms with Crippen LogP contribution < -0.4 is 10.4 Å². The Balaban J connectivity index is 2.04. The van der Waals surface area contributed by atoms with Crippen LogP contribution in [0, 0.1) is 0 Å². The molecule has 0 fully saturated rings. The largest absolute Gasteiger partial charge is 0.490 e. The third-order valence-electron chi connectivity index (χ3n) is 3.67. The van der Waals surface area contributed by atoms with Crippen molar-refractivity contribution in [3.05, 3.63) is 65.0 Å². The molecule has 118 valence electrons. The highest BCUT2D eigenvalue weighted by molar-refractivity contribution is 6.12. The van der Waals surface area contributed by atoms with Crippen molar-refractivity contribution in [1.29, 1.82) is 0 Å². The molecule has 0 atom stereocenters. The summed E-state index contributed by atoms with van der Waals surface area (Å²) >= 11 is 0. The Kier molecular flexibility index (Phi) is 3.35. The van der Waals surface area contributed by atoms with Crippen molar-refractivity contribution in [2.24, 2.45) is 4.99 Å².